The molecule has 1 N–H and O–H groups in total. The fourth-order valence-corrected chi connectivity index (χ4v) is 2.99. The Kier molecular flexibility index (Phi) is 7.87. The number of likely N-dealkylation sites (tertiary alicyclic amines) is 1. The van der Waals surface area contributed by atoms with E-state index < -0.39 is 0 Å². The molecule has 0 aromatic carbocycles. The first-order chi connectivity index (χ1) is 8.31. The van der Waals surface area contributed by atoms with Crippen molar-refractivity contribution in [3.63, 3.8) is 0 Å². The zero-order chi connectivity index (χ0) is 12.5. The summed E-state index contributed by atoms with van der Waals surface area (Å²) in [6.07, 6.45) is 8.29. The molecule has 17 heavy (non-hydrogen) atoms. The summed E-state index contributed by atoms with van der Waals surface area (Å²) < 4.78 is 0. The molecule has 0 aromatic heterocycles. The molecule has 1 heterocycles. The Labute approximate surface area is 108 Å². The van der Waals surface area contributed by atoms with Crippen LogP contribution in [0.25, 0.3) is 0 Å². The molecule has 102 valence electrons. The average Bonchev–Trinajstić information content (AvgIpc) is 2.80. The van der Waals surface area contributed by atoms with E-state index in [4.69, 9.17) is 0 Å². The van der Waals surface area contributed by atoms with Crippen LogP contribution >= 0.6 is 0 Å². The van der Waals surface area contributed by atoms with E-state index in [-0.39, 0.29) is 0 Å². The zero-order valence-electron chi connectivity index (χ0n) is 12.2. The van der Waals surface area contributed by atoms with E-state index in [0.29, 0.717) is 0 Å². The quantitative estimate of drug-likeness (QED) is 0.665. The molecule has 0 saturated carbocycles. The van der Waals surface area contributed by atoms with Gasteiger partial charge in [-0.25, -0.2) is 0 Å². The second-order valence-electron chi connectivity index (χ2n) is 5.54. The van der Waals surface area contributed by atoms with Gasteiger partial charge < -0.3 is 10.2 Å². The summed E-state index contributed by atoms with van der Waals surface area (Å²) in [6.45, 7) is 11.8. The molecule has 0 aromatic rings. The van der Waals surface area contributed by atoms with Gasteiger partial charge in [-0.1, -0.05) is 40.0 Å². The third kappa shape index (κ3) is 5.39. The molecule has 2 atom stereocenters. The van der Waals surface area contributed by atoms with Gasteiger partial charge in [0.25, 0.3) is 0 Å². The Morgan fingerprint density at radius 2 is 2.00 bits per heavy atom. The number of unbranched alkanes of at least 4 members (excludes halogenated alkanes) is 1. The van der Waals surface area contributed by atoms with Gasteiger partial charge in [0.2, 0.25) is 0 Å². The molecule has 2 unspecified atom stereocenters. The smallest absolute Gasteiger partial charge is 0.00952 e. The van der Waals surface area contributed by atoms with Crippen LogP contribution in [0.2, 0.25) is 0 Å². The zero-order valence-corrected chi connectivity index (χ0v) is 12.2. The Hall–Kier alpha value is -0.0800. The third-order valence-electron chi connectivity index (χ3n) is 4.03. The van der Waals surface area contributed by atoms with E-state index in [0.717, 1.165) is 18.5 Å². The standard InChI is InChI=1S/C15H32N2/c1-4-7-9-15(8-5-2)17-11-10-14(13-17)12-16-6-3/h14-16H,4-13H2,1-3H3. The topological polar surface area (TPSA) is 15.3 Å². The van der Waals surface area contributed by atoms with Gasteiger partial charge in [0.1, 0.15) is 0 Å². The van der Waals surface area contributed by atoms with E-state index in [1.165, 1.54) is 58.2 Å². The Morgan fingerprint density at radius 3 is 2.65 bits per heavy atom. The molecule has 1 rings (SSSR count). The highest BCUT2D eigenvalue weighted by Gasteiger charge is 2.26. The van der Waals surface area contributed by atoms with Crippen molar-refractivity contribution in [3.05, 3.63) is 0 Å². The van der Waals surface area contributed by atoms with Gasteiger partial charge in [0, 0.05) is 12.6 Å². The summed E-state index contributed by atoms with van der Waals surface area (Å²) >= 11 is 0. The number of rotatable bonds is 9. The lowest BCUT2D eigenvalue weighted by Crippen LogP contribution is -2.34. The average molecular weight is 240 g/mol. The lowest BCUT2D eigenvalue weighted by Gasteiger charge is -2.27. The number of hydrogen-bond donors (Lipinski definition) is 1. The van der Waals surface area contributed by atoms with E-state index in [1.807, 2.05) is 0 Å². The molecule has 1 fully saturated rings. The lowest BCUT2D eigenvalue weighted by atomic mass is 10.0. The van der Waals surface area contributed by atoms with Crippen LogP contribution in [-0.2, 0) is 0 Å². The van der Waals surface area contributed by atoms with Crippen molar-refractivity contribution < 1.29 is 0 Å². The van der Waals surface area contributed by atoms with Gasteiger partial charge in [-0.3, -0.25) is 0 Å². The highest BCUT2D eigenvalue weighted by Crippen LogP contribution is 2.23. The minimum Gasteiger partial charge on any atom is -0.317 e. The Bertz CT molecular complexity index is 182. The molecular weight excluding hydrogens is 208 g/mol. The predicted octanol–water partition coefficient (Wildman–Crippen LogP) is 3.28. The first kappa shape index (κ1) is 15.0. The van der Waals surface area contributed by atoms with Crippen LogP contribution in [0.5, 0.6) is 0 Å². The van der Waals surface area contributed by atoms with E-state index in [1.54, 1.807) is 0 Å². The summed E-state index contributed by atoms with van der Waals surface area (Å²) in [5, 5.41) is 3.50. The molecule has 0 radical (unpaired) electrons. The molecule has 1 aliphatic rings. The summed E-state index contributed by atoms with van der Waals surface area (Å²) in [6, 6.07) is 0.867. The maximum Gasteiger partial charge on any atom is 0.00952 e. The third-order valence-corrected chi connectivity index (χ3v) is 4.03. The molecular formula is C15H32N2. The number of nitrogens with one attached hydrogen (secondary N) is 1. The fourth-order valence-electron chi connectivity index (χ4n) is 2.99. The fraction of sp³-hybridized carbons (Fsp3) is 1.00. The normalized spacial score (nSPS) is 23.1. The largest absolute Gasteiger partial charge is 0.317 e. The highest BCUT2D eigenvalue weighted by molar-refractivity contribution is 4.82. The first-order valence-electron chi connectivity index (χ1n) is 7.76. The summed E-state index contributed by atoms with van der Waals surface area (Å²) in [5.74, 6) is 0.899. The van der Waals surface area contributed by atoms with Crippen LogP contribution in [0.4, 0.5) is 0 Å². The Balaban J connectivity index is 2.31. The summed E-state index contributed by atoms with van der Waals surface area (Å²) in [4.78, 5) is 2.77. The van der Waals surface area contributed by atoms with E-state index >= 15 is 0 Å². The van der Waals surface area contributed by atoms with Crippen LogP contribution in [0.15, 0.2) is 0 Å². The van der Waals surface area contributed by atoms with E-state index in [2.05, 4.69) is 31.0 Å². The van der Waals surface area contributed by atoms with Gasteiger partial charge >= 0.3 is 0 Å². The van der Waals surface area contributed by atoms with Crippen molar-refractivity contribution in [3.8, 4) is 0 Å². The maximum absolute atomic E-state index is 3.50. The van der Waals surface area contributed by atoms with Gasteiger partial charge in [-0.15, -0.1) is 0 Å². The summed E-state index contributed by atoms with van der Waals surface area (Å²) in [5.41, 5.74) is 0. The molecule has 0 spiro atoms. The van der Waals surface area contributed by atoms with Crippen LogP contribution in [0.3, 0.4) is 0 Å². The minimum absolute atomic E-state index is 0.867. The first-order valence-corrected chi connectivity index (χ1v) is 7.76. The van der Waals surface area contributed by atoms with Gasteiger partial charge in [0.05, 0.1) is 0 Å². The van der Waals surface area contributed by atoms with Crippen LogP contribution in [-0.4, -0.2) is 37.1 Å². The summed E-state index contributed by atoms with van der Waals surface area (Å²) in [7, 11) is 0. The highest BCUT2D eigenvalue weighted by atomic mass is 15.2. The maximum atomic E-state index is 3.50. The monoisotopic (exact) mass is 240 g/mol. The van der Waals surface area contributed by atoms with E-state index in [9.17, 15) is 0 Å². The van der Waals surface area contributed by atoms with Gasteiger partial charge in [0.15, 0.2) is 0 Å². The molecule has 0 amide bonds. The van der Waals surface area contributed by atoms with Crippen molar-refractivity contribution in [2.45, 2.75) is 65.3 Å². The van der Waals surface area contributed by atoms with Gasteiger partial charge in [-0.05, 0) is 44.8 Å². The van der Waals surface area contributed by atoms with Crippen molar-refractivity contribution in [2.24, 2.45) is 5.92 Å². The molecule has 2 heteroatoms. The molecule has 2 nitrogen and oxygen atoms in total. The van der Waals surface area contributed by atoms with Crippen molar-refractivity contribution in [2.75, 3.05) is 26.2 Å². The van der Waals surface area contributed by atoms with Crippen LogP contribution in [0.1, 0.15) is 59.3 Å². The van der Waals surface area contributed by atoms with Crippen LogP contribution in [0, 0.1) is 5.92 Å². The molecule has 0 bridgehead atoms. The van der Waals surface area contributed by atoms with Gasteiger partial charge in [-0.2, -0.15) is 0 Å². The Morgan fingerprint density at radius 1 is 1.18 bits per heavy atom. The lowest BCUT2D eigenvalue weighted by molar-refractivity contribution is 0.206. The second-order valence-corrected chi connectivity index (χ2v) is 5.54. The second kappa shape index (κ2) is 8.93. The molecule has 0 aliphatic carbocycles. The molecule has 1 aliphatic heterocycles. The van der Waals surface area contributed by atoms with Crippen LogP contribution < -0.4 is 5.32 Å². The SMILES string of the molecule is CCCCC(CCC)N1CCC(CNCC)C1. The number of nitrogens with zero attached hydrogens (tertiary/aromatic N) is 1. The van der Waals surface area contributed by atoms with Crippen molar-refractivity contribution >= 4 is 0 Å². The van der Waals surface area contributed by atoms with Crippen molar-refractivity contribution in [1.29, 1.82) is 0 Å². The number of hydrogen-bond acceptors (Lipinski definition) is 2. The predicted molar refractivity (Wildman–Crippen MR) is 76.4 cm³/mol. The van der Waals surface area contributed by atoms with Crippen molar-refractivity contribution in [1.82, 2.24) is 10.2 Å². The minimum atomic E-state index is 0.867. The molecule has 1 saturated heterocycles.